The van der Waals surface area contributed by atoms with Crippen LogP contribution in [0.25, 0.3) is 0 Å². The van der Waals surface area contributed by atoms with Gasteiger partial charge in [-0.25, -0.2) is 0 Å². The van der Waals surface area contributed by atoms with Crippen molar-refractivity contribution < 1.29 is 9.53 Å². The number of carbonyl (C=O) groups excluding carboxylic acids is 1. The number of methoxy groups -OCH3 is 1. The average Bonchev–Trinajstić information content (AvgIpc) is 2.99. The van der Waals surface area contributed by atoms with Gasteiger partial charge in [-0.15, -0.1) is 0 Å². The molecule has 0 saturated carbocycles. The van der Waals surface area contributed by atoms with Gasteiger partial charge >= 0.3 is 5.97 Å². The number of ether oxygens (including phenoxy) is 1. The molecule has 2 aromatic rings. The van der Waals surface area contributed by atoms with Crippen LogP contribution >= 0.6 is 0 Å². The highest BCUT2D eigenvalue weighted by atomic mass is 16.5. The predicted molar refractivity (Wildman–Crippen MR) is 84.0 cm³/mol. The van der Waals surface area contributed by atoms with Crippen LogP contribution in [-0.2, 0) is 16.1 Å². The highest BCUT2D eigenvalue weighted by Gasteiger charge is 2.38. The molecular weight excluding hydrogens is 276 g/mol. The molecule has 1 saturated heterocycles. The van der Waals surface area contributed by atoms with Crippen molar-refractivity contribution in [3.8, 4) is 0 Å². The second-order valence-electron chi connectivity index (χ2n) is 5.57. The van der Waals surface area contributed by atoms with E-state index in [2.05, 4.69) is 22.0 Å². The Hall–Kier alpha value is -2.20. The standard InChI is InChI=1S/C18H20N2O2/c1-22-18(21)17-8-7-16(15-5-3-2-4-6-15)20(17)13-14-9-11-19-12-10-14/h2-6,9-12,16-17H,7-8,13H2,1H3/t16-,17-/m0/s1. The number of esters is 1. The van der Waals surface area contributed by atoms with Gasteiger partial charge in [0.2, 0.25) is 0 Å². The van der Waals surface area contributed by atoms with Crippen LogP contribution in [0.2, 0.25) is 0 Å². The summed E-state index contributed by atoms with van der Waals surface area (Å²) in [6.07, 6.45) is 5.37. The average molecular weight is 296 g/mol. The molecule has 0 radical (unpaired) electrons. The van der Waals surface area contributed by atoms with E-state index in [1.165, 1.54) is 12.7 Å². The zero-order valence-electron chi connectivity index (χ0n) is 12.7. The minimum absolute atomic E-state index is 0.146. The van der Waals surface area contributed by atoms with E-state index in [0.717, 1.165) is 24.9 Å². The molecule has 2 heterocycles. The summed E-state index contributed by atoms with van der Waals surface area (Å²) < 4.78 is 4.99. The molecule has 1 fully saturated rings. The zero-order valence-corrected chi connectivity index (χ0v) is 12.7. The topological polar surface area (TPSA) is 42.4 Å². The lowest BCUT2D eigenvalue weighted by atomic mass is 10.0. The van der Waals surface area contributed by atoms with Crippen LogP contribution in [0.5, 0.6) is 0 Å². The summed E-state index contributed by atoms with van der Waals surface area (Å²) in [5.74, 6) is -0.146. The van der Waals surface area contributed by atoms with Crippen molar-refractivity contribution in [3.63, 3.8) is 0 Å². The van der Waals surface area contributed by atoms with E-state index in [4.69, 9.17) is 4.74 Å². The van der Waals surface area contributed by atoms with Crippen molar-refractivity contribution in [2.45, 2.75) is 31.5 Å². The van der Waals surface area contributed by atoms with Crippen molar-refractivity contribution in [2.24, 2.45) is 0 Å². The van der Waals surface area contributed by atoms with Gasteiger partial charge in [-0.2, -0.15) is 0 Å². The van der Waals surface area contributed by atoms with Gasteiger partial charge < -0.3 is 4.74 Å². The summed E-state index contributed by atoms with van der Waals surface area (Å²) in [5.41, 5.74) is 2.41. The largest absolute Gasteiger partial charge is 0.468 e. The Morgan fingerprint density at radius 2 is 1.91 bits per heavy atom. The van der Waals surface area contributed by atoms with Crippen LogP contribution < -0.4 is 0 Å². The number of benzene rings is 1. The van der Waals surface area contributed by atoms with Crippen molar-refractivity contribution in [3.05, 3.63) is 66.0 Å². The van der Waals surface area contributed by atoms with Gasteiger partial charge in [0.1, 0.15) is 6.04 Å². The Morgan fingerprint density at radius 1 is 1.18 bits per heavy atom. The summed E-state index contributed by atoms with van der Waals surface area (Å²) in [6, 6.07) is 14.4. The first kappa shape index (κ1) is 14.7. The van der Waals surface area contributed by atoms with Gasteiger partial charge in [0, 0.05) is 25.0 Å². The minimum atomic E-state index is -0.177. The Balaban J connectivity index is 1.88. The van der Waals surface area contributed by atoms with Crippen LogP contribution in [0, 0.1) is 0 Å². The Morgan fingerprint density at radius 3 is 2.59 bits per heavy atom. The number of carbonyl (C=O) groups is 1. The molecule has 0 spiro atoms. The number of likely N-dealkylation sites (tertiary alicyclic amines) is 1. The Kier molecular flexibility index (Phi) is 4.49. The third-order valence-electron chi connectivity index (χ3n) is 4.29. The van der Waals surface area contributed by atoms with Crippen molar-refractivity contribution >= 4 is 5.97 Å². The van der Waals surface area contributed by atoms with Crippen LogP contribution in [-0.4, -0.2) is 29.0 Å². The predicted octanol–water partition coefficient (Wildman–Crippen LogP) is 2.96. The number of rotatable bonds is 4. The smallest absolute Gasteiger partial charge is 0.323 e. The van der Waals surface area contributed by atoms with E-state index in [1.807, 2.05) is 30.3 Å². The SMILES string of the molecule is COC(=O)[C@@H]1CC[C@@H](c2ccccc2)N1Cc1ccncc1. The van der Waals surface area contributed by atoms with Gasteiger partial charge in [0.25, 0.3) is 0 Å². The van der Waals surface area contributed by atoms with E-state index in [1.54, 1.807) is 12.4 Å². The number of hydrogen-bond donors (Lipinski definition) is 0. The number of aromatic nitrogens is 1. The fraction of sp³-hybridized carbons (Fsp3) is 0.333. The van der Waals surface area contributed by atoms with Crippen LogP contribution in [0.1, 0.15) is 30.0 Å². The highest BCUT2D eigenvalue weighted by Crippen LogP contribution is 2.37. The Labute approximate surface area is 130 Å². The fourth-order valence-electron chi connectivity index (χ4n) is 3.21. The van der Waals surface area contributed by atoms with E-state index in [9.17, 15) is 4.79 Å². The van der Waals surface area contributed by atoms with Crippen LogP contribution in [0.15, 0.2) is 54.9 Å². The van der Waals surface area contributed by atoms with E-state index >= 15 is 0 Å². The maximum atomic E-state index is 12.1. The first-order valence-corrected chi connectivity index (χ1v) is 7.57. The summed E-state index contributed by atoms with van der Waals surface area (Å²) in [6.45, 7) is 0.724. The van der Waals surface area contributed by atoms with E-state index in [-0.39, 0.29) is 18.1 Å². The molecule has 4 heteroatoms. The number of hydrogen-bond acceptors (Lipinski definition) is 4. The molecule has 114 valence electrons. The van der Waals surface area contributed by atoms with Crippen molar-refractivity contribution in [1.29, 1.82) is 0 Å². The van der Waals surface area contributed by atoms with E-state index in [0.29, 0.717) is 0 Å². The maximum absolute atomic E-state index is 12.1. The summed E-state index contributed by atoms with van der Waals surface area (Å²) in [7, 11) is 1.46. The second-order valence-corrected chi connectivity index (χ2v) is 5.57. The first-order valence-electron chi connectivity index (χ1n) is 7.57. The third-order valence-corrected chi connectivity index (χ3v) is 4.29. The minimum Gasteiger partial charge on any atom is -0.468 e. The van der Waals surface area contributed by atoms with Gasteiger partial charge in [-0.1, -0.05) is 30.3 Å². The number of nitrogens with zero attached hydrogens (tertiary/aromatic N) is 2. The van der Waals surface area contributed by atoms with Gasteiger partial charge in [0.15, 0.2) is 0 Å². The van der Waals surface area contributed by atoms with E-state index < -0.39 is 0 Å². The number of pyridine rings is 1. The first-order chi connectivity index (χ1) is 10.8. The quantitative estimate of drug-likeness (QED) is 0.814. The molecule has 1 aliphatic rings. The zero-order chi connectivity index (χ0) is 15.4. The molecule has 2 atom stereocenters. The molecule has 0 unspecified atom stereocenters. The van der Waals surface area contributed by atoms with Gasteiger partial charge in [0.05, 0.1) is 7.11 Å². The van der Waals surface area contributed by atoms with Gasteiger partial charge in [-0.05, 0) is 36.1 Å². The molecular formula is C18H20N2O2. The normalized spacial score (nSPS) is 21.7. The summed E-state index contributed by atoms with van der Waals surface area (Å²) in [4.78, 5) is 18.4. The molecule has 22 heavy (non-hydrogen) atoms. The lowest BCUT2D eigenvalue weighted by Crippen LogP contribution is -2.37. The maximum Gasteiger partial charge on any atom is 0.323 e. The highest BCUT2D eigenvalue weighted by molar-refractivity contribution is 5.76. The molecule has 1 aliphatic heterocycles. The van der Waals surface area contributed by atoms with Crippen molar-refractivity contribution in [1.82, 2.24) is 9.88 Å². The molecule has 0 bridgehead atoms. The molecule has 3 rings (SSSR count). The van der Waals surface area contributed by atoms with Crippen LogP contribution in [0.4, 0.5) is 0 Å². The van der Waals surface area contributed by atoms with Crippen LogP contribution in [0.3, 0.4) is 0 Å². The Bertz CT molecular complexity index is 615. The monoisotopic (exact) mass is 296 g/mol. The molecule has 4 nitrogen and oxygen atoms in total. The molecule has 0 aliphatic carbocycles. The fourth-order valence-corrected chi connectivity index (χ4v) is 3.21. The molecule has 1 aromatic carbocycles. The lowest BCUT2D eigenvalue weighted by Gasteiger charge is -2.29. The molecule has 0 amide bonds. The molecule has 1 aromatic heterocycles. The summed E-state index contributed by atoms with van der Waals surface area (Å²) >= 11 is 0. The van der Waals surface area contributed by atoms with Crippen molar-refractivity contribution in [2.75, 3.05) is 7.11 Å². The third kappa shape index (κ3) is 3.02. The second kappa shape index (κ2) is 6.71. The molecule has 0 N–H and O–H groups in total. The summed E-state index contributed by atoms with van der Waals surface area (Å²) in [5, 5.41) is 0. The lowest BCUT2D eigenvalue weighted by molar-refractivity contribution is -0.146. The van der Waals surface area contributed by atoms with Gasteiger partial charge in [-0.3, -0.25) is 14.7 Å².